The molecule has 3 unspecified atom stereocenters. The second-order valence-corrected chi connectivity index (χ2v) is 10.3. The van der Waals surface area contributed by atoms with E-state index in [0.29, 0.717) is 18.0 Å². The summed E-state index contributed by atoms with van der Waals surface area (Å²) in [6.45, 7) is 9.43. The summed E-state index contributed by atoms with van der Waals surface area (Å²) in [6, 6.07) is 13.6. The van der Waals surface area contributed by atoms with Gasteiger partial charge in [0.1, 0.15) is 0 Å². The number of aromatic nitrogens is 2. The molecule has 1 aromatic carbocycles. The number of pyridine rings is 1. The number of rotatable bonds is 6. The molecule has 0 N–H and O–H groups in total. The minimum Gasteiger partial charge on any atom is -0.477 e. The molecule has 0 amide bonds. The van der Waals surface area contributed by atoms with Crippen molar-refractivity contribution in [1.82, 2.24) is 19.9 Å². The van der Waals surface area contributed by atoms with Gasteiger partial charge in [-0.1, -0.05) is 23.4 Å². The Morgan fingerprint density at radius 1 is 1.03 bits per heavy atom. The maximum atomic E-state index is 6.12. The Bertz CT molecular complexity index is 1100. The van der Waals surface area contributed by atoms with Crippen LogP contribution in [0, 0.1) is 5.92 Å². The van der Waals surface area contributed by atoms with Crippen molar-refractivity contribution in [2.24, 2.45) is 5.92 Å². The van der Waals surface area contributed by atoms with Gasteiger partial charge in [0.05, 0.1) is 12.0 Å². The smallest absolute Gasteiger partial charge is 0.213 e. The van der Waals surface area contributed by atoms with Crippen LogP contribution in [0.2, 0.25) is 0 Å². The Hall–Kier alpha value is -2.64. The minimum atomic E-state index is 0.558. The van der Waals surface area contributed by atoms with Crippen molar-refractivity contribution in [2.75, 3.05) is 44.2 Å². The first-order valence-electron chi connectivity index (χ1n) is 12.9. The standard InChI is InChI=1S/C27H35N5O2/c1-20-5-4-12-30(20)16-21-9-11-26(28-15-21)33-19-22-8-10-23-18-32(14-13-31(23)17-22)27-24-6-2-3-7-25(24)34-29-27/h2-3,6-7,9,11,15,20,22-23H,4-5,8,10,12-14,16-19H2,1H3. The molecular formula is C27H35N5O2. The van der Waals surface area contributed by atoms with Gasteiger partial charge >= 0.3 is 0 Å². The predicted molar refractivity (Wildman–Crippen MR) is 133 cm³/mol. The van der Waals surface area contributed by atoms with Crippen LogP contribution < -0.4 is 9.64 Å². The van der Waals surface area contributed by atoms with Crippen LogP contribution in [0.15, 0.2) is 47.1 Å². The van der Waals surface area contributed by atoms with Crippen LogP contribution in [0.4, 0.5) is 5.82 Å². The van der Waals surface area contributed by atoms with Crippen molar-refractivity contribution in [2.45, 2.75) is 51.2 Å². The Kier molecular flexibility index (Phi) is 6.14. The van der Waals surface area contributed by atoms with Gasteiger partial charge in [-0.25, -0.2) is 4.98 Å². The normalized spacial score (nSPS) is 26.1. The molecule has 180 valence electrons. The summed E-state index contributed by atoms with van der Waals surface area (Å²) in [5.41, 5.74) is 2.15. The first-order valence-corrected chi connectivity index (χ1v) is 12.9. The molecule has 0 radical (unpaired) electrons. The second kappa shape index (κ2) is 9.55. The van der Waals surface area contributed by atoms with Crippen LogP contribution in [0.25, 0.3) is 11.0 Å². The Labute approximate surface area is 201 Å². The van der Waals surface area contributed by atoms with E-state index in [1.54, 1.807) is 0 Å². The lowest BCUT2D eigenvalue weighted by Gasteiger charge is -2.46. The number of hydrogen-bond acceptors (Lipinski definition) is 7. The highest BCUT2D eigenvalue weighted by molar-refractivity contribution is 5.88. The summed E-state index contributed by atoms with van der Waals surface area (Å²) < 4.78 is 11.7. The third-order valence-corrected chi connectivity index (χ3v) is 8.00. The van der Waals surface area contributed by atoms with E-state index in [9.17, 15) is 0 Å². The summed E-state index contributed by atoms with van der Waals surface area (Å²) in [7, 11) is 0. The number of fused-ring (bicyclic) bond motifs is 2. The lowest BCUT2D eigenvalue weighted by molar-refractivity contribution is 0.0716. The van der Waals surface area contributed by atoms with Gasteiger partial charge in [0, 0.05) is 63.0 Å². The third kappa shape index (κ3) is 4.51. The lowest BCUT2D eigenvalue weighted by atomic mass is 9.91. The van der Waals surface area contributed by atoms with Crippen LogP contribution in [-0.4, -0.2) is 71.4 Å². The van der Waals surface area contributed by atoms with E-state index in [4.69, 9.17) is 9.26 Å². The van der Waals surface area contributed by atoms with Crippen molar-refractivity contribution >= 4 is 16.8 Å². The number of piperidine rings is 1. The fourth-order valence-electron chi connectivity index (χ4n) is 5.94. The monoisotopic (exact) mass is 461 g/mol. The first-order chi connectivity index (χ1) is 16.7. The van der Waals surface area contributed by atoms with Gasteiger partial charge in [-0.3, -0.25) is 9.80 Å². The van der Waals surface area contributed by atoms with Gasteiger partial charge in [-0.2, -0.15) is 0 Å². The van der Waals surface area contributed by atoms with Gasteiger partial charge in [0.25, 0.3) is 0 Å². The van der Waals surface area contributed by atoms with Crippen molar-refractivity contribution in [3.8, 4) is 5.88 Å². The molecule has 3 aliphatic rings. The van der Waals surface area contributed by atoms with Crippen molar-refractivity contribution in [3.05, 3.63) is 48.2 Å². The summed E-state index contributed by atoms with van der Waals surface area (Å²) in [4.78, 5) is 12.2. The summed E-state index contributed by atoms with van der Waals surface area (Å²) in [6.07, 6.45) is 7.00. The van der Waals surface area contributed by atoms with E-state index in [0.717, 1.165) is 62.0 Å². The van der Waals surface area contributed by atoms with Crippen LogP contribution in [0.3, 0.4) is 0 Å². The highest BCUT2D eigenvalue weighted by Crippen LogP contribution is 2.31. The lowest BCUT2D eigenvalue weighted by Crippen LogP contribution is -2.57. The largest absolute Gasteiger partial charge is 0.477 e. The number of benzene rings is 1. The van der Waals surface area contributed by atoms with Gasteiger partial charge in [0.15, 0.2) is 11.4 Å². The zero-order valence-electron chi connectivity index (χ0n) is 20.1. The average Bonchev–Trinajstić information content (AvgIpc) is 3.49. The van der Waals surface area contributed by atoms with Gasteiger partial charge in [0.2, 0.25) is 5.88 Å². The number of piperazine rings is 1. The number of para-hydroxylation sites is 1. The Morgan fingerprint density at radius 2 is 1.97 bits per heavy atom. The molecular weight excluding hydrogens is 426 g/mol. The fourth-order valence-corrected chi connectivity index (χ4v) is 5.94. The quantitative estimate of drug-likeness (QED) is 0.546. The topological polar surface area (TPSA) is 57.9 Å². The number of ether oxygens (including phenoxy) is 1. The maximum absolute atomic E-state index is 6.12. The molecule has 0 aliphatic carbocycles. The number of likely N-dealkylation sites (tertiary alicyclic amines) is 1. The van der Waals surface area contributed by atoms with E-state index < -0.39 is 0 Å². The van der Waals surface area contributed by atoms with Crippen molar-refractivity contribution in [3.63, 3.8) is 0 Å². The van der Waals surface area contributed by atoms with Gasteiger partial charge in [-0.15, -0.1) is 0 Å². The van der Waals surface area contributed by atoms with Gasteiger partial charge < -0.3 is 14.2 Å². The highest BCUT2D eigenvalue weighted by Gasteiger charge is 2.34. The number of nitrogens with zero attached hydrogens (tertiary/aromatic N) is 5. The Balaban J connectivity index is 0.994. The minimum absolute atomic E-state index is 0.558. The number of anilines is 1. The maximum Gasteiger partial charge on any atom is 0.213 e. The first kappa shape index (κ1) is 21.9. The zero-order valence-corrected chi connectivity index (χ0v) is 20.1. The van der Waals surface area contributed by atoms with E-state index in [-0.39, 0.29) is 0 Å². The third-order valence-electron chi connectivity index (χ3n) is 8.00. The number of hydrogen-bond donors (Lipinski definition) is 0. The molecule has 7 heteroatoms. The summed E-state index contributed by atoms with van der Waals surface area (Å²) in [5.74, 6) is 2.31. The van der Waals surface area contributed by atoms with Gasteiger partial charge in [-0.05, 0) is 56.8 Å². The molecule has 7 nitrogen and oxygen atoms in total. The van der Waals surface area contributed by atoms with Crippen LogP contribution in [-0.2, 0) is 6.54 Å². The van der Waals surface area contributed by atoms with Crippen LogP contribution in [0.1, 0.15) is 38.2 Å². The molecule has 34 heavy (non-hydrogen) atoms. The molecule has 3 aliphatic heterocycles. The molecule has 5 heterocycles. The average molecular weight is 462 g/mol. The molecule has 0 spiro atoms. The van der Waals surface area contributed by atoms with Crippen molar-refractivity contribution < 1.29 is 9.26 Å². The molecule has 3 atom stereocenters. The summed E-state index contributed by atoms with van der Waals surface area (Å²) >= 11 is 0. The van der Waals surface area contributed by atoms with E-state index in [1.807, 2.05) is 24.4 Å². The molecule has 0 bridgehead atoms. The van der Waals surface area contributed by atoms with Crippen LogP contribution in [0.5, 0.6) is 5.88 Å². The van der Waals surface area contributed by atoms with E-state index >= 15 is 0 Å². The molecule has 2 aromatic heterocycles. The zero-order chi connectivity index (χ0) is 22.9. The van der Waals surface area contributed by atoms with E-state index in [2.05, 4.69) is 50.0 Å². The SMILES string of the molecule is CC1CCCN1Cc1ccc(OCC2CCC3CN(c4noc5ccccc45)CCN3C2)nc1. The van der Waals surface area contributed by atoms with Crippen molar-refractivity contribution in [1.29, 1.82) is 0 Å². The fraction of sp³-hybridized carbons (Fsp3) is 0.556. The summed E-state index contributed by atoms with van der Waals surface area (Å²) in [5, 5.41) is 5.49. The molecule has 6 rings (SSSR count). The highest BCUT2D eigenvalue weighted by atomic mass is 16.5. The molecule has 3 aromatic rings. The molecule has 3 fully saturated rings. The predicted octanol–water partition coefficient (Wildman–Crippen LogP) is 4.19. The van der Waals surface area contributed by atoms with Crippen LogP contribution >= 0.6 is 0 Å². The molecule has 0 saturated carbocycles. The molecule has 3 saturated heterocycles. The Morgan fingerprint density at radius 3 is 2.82 bits per heavy atom. The van der Waals surface area contributed by atoms with E-state index in [1.165, 1.54) is 37.8 Å². The second-order valence-electron chi connectivity index (χ2n) is 10.3.